The molecule has 1 N–H and O–H groups in total. The predicted octanol–water partition coefficient (Wildman–Crippen LogP) is 5.11. The van der Waals surface area contributed by atoms with Crippen LogP contribution in [0.1, 0.15) is 38.5 Å². The van der Waals surface area contributed by atoms with Crippen LogP contribution in [0.15, 0.2) is 47.6 Å². The third-order valence-corrected chi connectivity index (χ3v) is 6.81. The summed E-state index contributed by atoms with van der Waals surface area (Å²) >= 11 is 1.37. The van der Waals surface area contributed by atoms with Crippen molar-refractivity contribution >= 4 is 34.4 Å². The summed E-state index contributed by atoms with van der Waals surface area (Å²) in [6.45, 7) is 0.547. The van der Waals surface area contributed by atoms with Gasteiger partial charge in [-0.25, -0.2) is 4.98 Å². The van der Waals surface area contributed by atoms with E-state index in [1.165, 1.54) is 18.2 Å². The number of rotatable bonds is 6. The lowest BCUT2D eigenvalue weighted by Crippen LogP contribution is -2.40. The molecule has 8 heteroatoms. The molecular weight excluding hydrogens is 424 g/mol. The normalized spacial score (nSPS) is 16.2. The fraction of sp³-hybridized carbons (Fsp3) is 0.375. The number of para-hydroxylation sites is 2. The highest BCUT2D eigenvalue weighted by Gasteiger charge is 2.42. The minimum atomic E-state index is -0.526. The van der Waals surface area contributed by atoms with Gasteiger partial charge in [-0.3, -0.25) is 4.79 Å². The summed E-state index contributed by atoms with van der Waals surface area (Å²) in [5.74, 6) is 0.997. The molecule has 0 bridgehead atoms. The van der Waals surface area contributed by atoms with Crippen LogP contribution >= 0.6 is 11.8 Å². The zero-order valence-electron chi connectivity index (χ0n) is 17.7. The van der Waals surface area contributed by atoms with Crippen LogP contribution in [0.4, 0.5) is 5.69 Å². The number of thioether (sulfide) groups is 1. The molecule has 5 rings (SSSR count). The van der Waals surface area contributed by atoms with Crippen LogP contribution in [-0.2, 0) is 11.3 Å². The molecule has 0 unspecified atom stereocenters. The molecule has 2 aromatic carbocycles. The number of aryl methyl sites for hydroxylation is 1. The molecule has 164 valence electrons. The molecule has 32 heavy (non-hydrogen) atoms. The first-order valence-electron chi connectivity index (χ1n) is 10.9. The number of amides is 1. The second-order valence-corrected chi connectivity index (χ2v) is 9.06. The van der Waals surface area contributed by atoms with E-state index >= 15 is 0 Å². The van der Waals surface area contributed by atoms with Crippen molar-refractivity contribution in [3.8, 4) is 17.6 Å². The minimum Gasteiger partial charge on any atom is -0.448 e. The van der Waals surface area contributed by atoms with Crippen molar-refractivity contribution in [2.45, 2.75) is 56.0 Å². The van der Waals surface area contributed by atoms with E-state index in [2.05, 4.69) is 16.4 Å². The lowest BCUT2D eigenvalue weighted by atomic mass is 9.94. The van der Waals surface area contributed by atoms with Gasteiger partial charge >= 0.3 is 0 Å². The van der Waals surface area contributed by atoms with E-state index in [4.69, 9.17) is 14.7 Å². The van der Waals surface area contributed by atoms with E-state index in [1.54, 1.807) is 0 Å². The van der Waals surface area contributed by atoms with Gasteiger partial charge in [0.1, 0.15) is 0 Å². The number of anilines is 1. The van der Waals surface area contributed by atoms with Crippen LogP contribution in [0.5, 0.6) is 11.5 Å². The summed E-state index contributed by atoms with van der Waals surface area (Å²) in [7, 11) is 0. The minimum absolute atomic E-state index is 0.125. The maximum atomic E-state index is 12.6. The number of fused-ring (bicyclic) bond motifs is 2. The van der Waals surface area contributed by atoms with E-state index in [0.717, 1.165) is 47.6 Å². The molecule has 2 heterocycles. The number of carbonyl (C=O) groups is 1. The Morgan fingerprint density at radius 3 is 2.81 bits per heavy atom. The largest absolute Gasteiger partial charge is 0.448 e. The number of hydrogen-bond acceptors (Lipinski definition) is 6. The monoisotopic (exact) mass is 448 g/mol. The first-order valence-corrected chi connectivity index (χ1v) is 11.9. The van der Waals surface area contributed by atoms with Crippen LogP contribution in [0.2, 0.25) is 0 Å². The Labute approximate surface area is 190 Å². The van der Waals surface area contributed by atoms with E-state index in [0.29, 0.717) is 24.4 Å². The van der Waals surface area contributed by atoms with E-state index in [9.17, 15) is 4.79 Å². The number of benzene rings is 2. The van der Waals surface area contributed by atoms with Gasteiger partial charge < -0.3 is 19.4 Å². The lowest BCUT2D eigenvalue weighted by Gasteiger charge is -2.31. The van der Waals surface area contributed by atoms with Crippen molar-refractivity contribution in [2.75, 3.05) is 11.1 Å². The SMILES string of the molecule is N#CCCn1c(SCC(=O)Nc2ccc3c(c2)OC2(CCCCC2)O3)nc2ccccc21. The second-order valence-electron chi connectivity index (χ2n) is 8.12. The molecule has 1 aromatic heterocycles. The number of nitrogens with zero attached hydrogens (tertiary/aromatic N) is 3. The fourth-order valence-electron chi connectivity index (χ4n) is 4.33. The van der Waals surface area contributed by atoms with E-state index in [1.807, 2.05) is 47.0 Å². The first-order chi connectivity index (χ1) is 15.7. The fourth-order valence-corrected chi connectivity index (χ4v) is 5.18. The van der Waals surface area contributed by atoms with Gasteiger partial charge in [-0.05, 0) is 37.1 Å². The maximum absolute atomic E-state index is 12.6. The van der Waals surface area contributed by atoms with Gasteiger partial charge in [0.25, 0.3) is 5.79 Å². The van der Waals surface area contributed by atoms with Crippen LogP contribution in [0.25, 0.3) is 11.0 Å². The number of imidazole rings is 1. The van der Waals surface area contributed by atoms with Gasteiger partial charge in [-0.15, -0.1) is 0 Å². The first kappa shape index (κ1) is 20.7. The van der Waals surface area contributed by atoms with Gasteiger partial charge in [0.2, 0.25) is 5.91 Å². The number of ether oxygens (including phenoxy) is 2. The van der Waals surface area contributed by atoms with Crippen LogP contribution in [-0.4, -0.2) is 27.0 Å². The molecule has 2 aliphatic rings. The zero-order valence-corrected chi connectivity index (χ0v) is 18.5. The molecule has 1 fully saturated rings. The number of hydrogen-bond donors (Lipinski definition) is 1. The number of nitriles is 1. The zero-order chi connectivity index (χ0) is 22.0. The number of aromatic nitrogens is 2. The summed E-state index contributed by atoms with van der Waals surface area (Å²) in [4.78, 5) is 17.3. The predicted molar refractivity (Wildman–Crippen MR) is 123 cm³/mol. The maximum Gasteiger partial charge on any atom is 0.251 e. The topological polar surface area (TPSA) is 89.2 Å². The molecule has 3 aromatic rings. The van der Waals surface area contributed by atoms with E-state index in [-0.39, 0.29) is 11.7 Å². The summed E-state index contributed by atoms with van der Waals surface area (Å²) in [5, 5.41) is 12.7. The molecule has 1 saturated carbocycles. The van der Waals surface area contributed by atoms with Gasteiger partial charge in [0.15, 0.2) is 16.7 Å². The van der Waals surface area contributed by atoms with Crippen molar-refractivity contribution in [3.05, 3.63) is 42.5 Å². The smallest absolute Gasteiger partial charge is 0.251 e. The van der Waals surface area contributed by atoms with Gasteiger partial charge in [-0.1, -0.05) is 30.3 Å². The Kier molecular flexibility index (Phi) is 5.66. The summed E-state index contributed by atoms with van der Waals surface area (Å²) in [6.07, 6.45) is 5.61. The van der Waals surface area contributed by atoms with Crippen molar-refractivity contribution in [2.24, 2.45) is 0 Å². The molecule has 0 atom stereocenters. The lowest BCUT2D eigenvalue weighted by molar-refractivity contribution is -0.113. The van der Waals surface area contributed by atoms with Crippen LogP contribution < -0.4 is 14.8 Å². The Morgan fingerprint density at radius 2 is 1.97 bits per heavy atom. The van der Waals surface area contributed by atoms with Crippen molar-refractivity contribution < 1.29 is 14.3 Å². The third kappa shape index (κ3) is 4.13. The molecule has 1 aliphatic carbocycles. The molecule has 0 saturated heterocycles. The molecule has 7 nitrogen and oxygen atoms in total. The second kappa shape index (κ2) is 8.75. The van der Waals surface area contributed by atoms with Crippen molar-refractivity contribution in [3.63, 3.8) is 0 Å². The summed E-state index contributed by atoms with van der Waals surface area (Å²) < 4.78 is 14.3. The highest BCUT2D eigenvalue weighted by molar-refractivity contribution is 7.99. The highest BCUT2D eigenvalue weighted by atomic mass is 32.2. The van der Waals surface area contributed by atoms with Crippen molar-refractivity contribution in [1.82, 2.24) is 9.55 Å². The van der Waals surface area contributed by atoms with Gasteiger partial charge in [-0.2, -0.15) is 5.26 Å². The van der Waals surface area contributed by atoms with Crippen molar-refractivity contribution in [1.29, 1.82) is 5.26 Å². The number of carbonyl (C=O) groups excluding carboxylic acids is 1. The number of nitrogens with one attached hydrogen (secondary N) is 1. The van der Waals surface area contributed by atoms with Crippen LogP contribution in [0.3, 0.4) is 0 Å². The molecule has 1 aliphatic heterocycles. The standard InChI is InChI=1S/C24H24N4O3S/c25-13-6-14-28-19-8-3-2-7-18(19)27-23(28)32-16-22(29)26-17-9-10-20-21(15-17)31-24(30-20)11-4-1-5-12-24/h2-3,7-10,15H,1,4-6,11-12,14,16H2,(H,26,29). The van der Waals surface area contributed by atoms with Gasteiger partial charge in [0.05, 0.1) is 29.3 Å². The van der Waals surface area contributed by atoms with E-state index < -0.39 is 5.79 Å². The summed E-state index contributed by atoms with van der Waals surface area (Å²) in [6, 6.07) is 15.5. The Hall–Kier alpha value is -3.18. The summed E-state index contributed by atoms with van der Waals surface area (Å²) in [5.41, 5.74) is 2.52. The molecular formula is C24H24N4O3S. The van der Waals surface area contributed by atoms with Gasteiger partial charge in [0, 0.05) is 31.1 Å². The average Bonchev–Trinajstić information content (AvgIpc) is 3.33. The molecule has 1 amide bonds. The average molecular weight is 449 g/mol. The highest BCUT2D eigenvalue weighted by Crippen LogP contribution is 2.46. The van der Waals surface area contributed by atoms with Crippen LogP contribution in [0, 0.1) is 11.3 Å². The Morgan fingerprint density at radius 1 is 1.16 bits per heavy atom. The molecule has 0 radical (unpaired) electrons. The molecule has 1 spiro atoms. The Bertz CT molecular complexity index is 1190. The Balaban J connectivity index is 1.24. The quantitative estimate of drug-likeness (QED) is 0.527. The third-order valence-electron chi connectivity index (χ3n) is 5.83.